The quantitative estimate of drug-likeness (QED) is 0.575. The maximum absolute atomic E-state index is 11.8. The second kappa shape index (κ2) is 6.55. The highest BCUT2D eigenvalue weighted by Gasteiger charge is 2.20. The minimum atomic E-state index is -0.316. The number of carbonyl (C=O) groups excluding carboxylic acids is 2. The highest BCUT2D eigenvalue weighted by Crippen LogP contribution is 2.31. The molecule has 1 heterocycles. The van der Waals surface area contributed by atoms with Crippen molar-refractivity contribution in [2.75, 3.05) is 6.61 Å². The smallest absolute Gasteiger partial charge is 0.348 e. The number of esters is 1. The predicted molar refractivity (Wildman–Crippen MR) is 69.0 cm³/mol. The summed E-state index contributed by atoms with van der Waals surface area (Å²) in [4.78, 5) is 23.7. The SMILES string of the molecule is CCCC(C)c1cc(C=O)sc1C(=O)OCC. The summed E-state index contributed by atoms with van der Waals surface area (Å²) >= 11 is 1.22. The summed E-state index contributed by atoms with van der Waals surface area (Å²) in [6.07, 6.45) is 2.84. The predicted octanol–water partition coefficient (Wildman–Crippen LogP) is 3.64. The molecule has 0 aliphatic carbocycles. The first-order chi connectivity index (χ1) is 8.13. The van der Waals surface area contributed by atoms with Gasteiger partial charge in [-0.15, -0.1) is 11.3 Å². The van der Waals surface area contributed by atoms with E-state index in [1.165, 1.54) is 11.3 Å². The van der Waals surface area contributed by atoms with Crippen LogP contribution in [0.3, 0.4) is 0 Å². The number of aldehydes is 1. The maximum Gasteiger partial charge on any atom is 0.348 e. The van der Waals surface area contributed by atoms with Crippen LogP contribution in [0.5, 0.6) is 0 Å². The molecule has 1 unspecified atom stereocenters. The molecule has 1 rings (SSSR count). The lowest BCUT2D eigenvalue weighted by atomic mass is 9.97. The topological polar surface area (TPSA) is 43.4 Å². The Labute approximate surface area is 106 Å². The van der Waals surface area contributed by atoms with Crippen molar-refractivity contribution in [3.05, 3.63) is 21.4 Å². The van der Waals surface area contributed by atoms with Crippen LogP contribution < -0.4 is 0 Å². The zero-order chi connectivity index (χ0) is 12.8. The number of hydrogen-bond donors (Lipinski definition) is 0. The van der Waals surface area contributed by atoms with Gasteiger partial charge in [0.25, 0.3) is 0 Å². The van der Waals surface area contributed by atoms with Gasteiger partial charge in [0.15, 0.2) is 6.29 Å². The first kappa shape index (κ1) is 13.9. The fraction of sp³-hybridized carbons (Fsp3) is 0.538. The Kier molecular flexibility index (Phi) is 5.35. The Morgan fingerprint density at radius 1 is 1.53 bits per heavy atom. The van der Waals surface area contributed by atoms with Crippen molar-refractivity contribution in [3.8, 4) is 0 Å². The molecule has 0 aromatic carbocycles. The van der Waals surface area contributed by atoms with Crippen molar-refractivity contribution in [2.24, 2.45) is 0 Å². The van der Waals surface area contributed by atoms with Gasteiger partial charge in [-0.25, -0.2) is 4.79 Å². The Balaban J connectivity index is 3.04. The van der Waals surface area contributed by atoms with E-state index < -0.39 is 0 Å². The van der Waals surface area contributed by atoms with Crippen LogP contribution in [0.15, 0.2) is 6.07 Å². The molecule has 0 fully saturated rings. The molecule has 0 N–H and O–H groups in total. The molecule has 0 aliphatic rings. The minimum Gasteiger partial charge on any atom is -0.462 e. The first-order valence-corrected chi connectivity index (χ1v) is 6.71. The van der Waals surface area contributed by atoms with Crippen molar-refractivity contribution in [1.29, 1.82) is 0 Å². The highest BCUT2D eigenvalue weighted by molar-refractivity contribution is 7.15. The minimum absolute atomic E-state index is 0.282. The van der Waals surface area contributed by atoms with Gasteiger partial charge in [-0.3, -0.25) is 4.79 Å². The molecule has 1 aromatic heterocycles. The summed E-state index contributed by atoms with van der Waals surface area (Å²) in [6, 6.07) is 1.81. The van der Waals surface area contributed by atoms with Crippen molar-refractivity contribution in [1.82, 2.24) is 0 Å². The van der Waals surface area contributed by atoms with Crippen LogP contribution in [0.4, 0.5) is 0 Å². The van der Waals surface area contributed by atoms with Gasteiger partial charge in [-0.2, -0.15) is 0 Å². The molecule has 0 saturated heterocycles. The van der Waals surface area contributed by atoms with E-state index in [-0.39, 0.29) is 11.9 Å². The third-order valence-corrected chi connectivity index (χ3v) is 3.67. The van der Waals surface area contributed by atoms with Crippen molar-refractivity contribution < 1.29 is 14.3 Å². The molecule has 94 valence electrons. The van der Waals surface area contributed by atoms with E-state index in [0.717, 1.165) is 24.7 Å². The molecular weight excluding hydrogens is 236 g/mol. The Morgan fingerprint density at radius 3 is 2.76 bits per heavy atom. The molecule has 0 spiro atoms. The first-order valence-electron chi connectivity index (χ1n) is 5.90. The van der Waals surface area contributed by atoms with E-state index in [1.54, 1.807) is 6.92 Å². The summed E-state index contributed by atoms with van der Waals surface area (Å²) in [5.41, 5.74) is 0.942. The molecule has 3 nitrogen and oxygen atoms in total. The highest BCUT2D eigenvalue weighted by atomic mass is 32.1. The van der Waals surface area contributed by atoms with Crippen LogP contribution in [0.25, 0.3) is 0 Å². The van der Waals surface area contributed by atoms with Gasteiger partial charge in [0.1, 0.15) is 4.88 Å². The fourth-order valence-corrected chi connectivity index (χ4v) is 2.78. The number of hydrogen-bond acceptors (Lipinski definition) is 4. The van der Waals surface area contributed by atoms with Crippen LogP contribution in [-0.4, -0.2) is 18.9 Å². The molecule has 0 bridgehead atoms. The van der Waals surface area contributed by atoms with E-state index in [2.05, 4.69) is 13.8 Å². The van der Waals surface area contributed by atoms with Crippen LogP contribution in [-0.2, 0) is 4.74 Å². The molecule has 1 aromatic rings. The van der Waals surface area contributed by atoms with E-state index in [4.69, 9.17) is 4.74 Å². The second-order valence-corrected chi connectivity index (χ2v) is 5.05. The van der Waals surface area contributed by atoms with E-state index in [9.17, 15) is 9.59 Å². The van der Waals surface area contributed by atoms with Gasteiger partial charge in [0, 0.05) is 0 Å². The van der Waals surface area contributed by atoms with Crippen LogP contribution >= 0.6 is 11.3 Å². The summed E-state index contributed by atoms with van der Waals surface area (Å²) in [5.74, 6) is -0.0343. The standard InChI is InChI=1S/C13H18O3S/c1-4-6-9(3)11-7-10(8-14)17-12(11)13(15)16-5-2/h7-9H,4-6H2,1-3H3. The monoisotopic (exact) mass is 254 g/mol. The third-order valence-electron chi connectivity index (χ3n) is 2.61. The van der Waals surface area contributed by atoms with E-state index in [1.807, 2.05) is 6.07 Å². The summed E-state index contributed by atoms with van der Waals surface area (Å²) < 4.78 is 5.01. The number of ether oxygens (including phenoxy) is 1. The van der Waals surface area contributed by atoms with Gasteiger partial charge < -0.3 is 4.74 Å². The molecule has 17 heavy (non-hydrogen) atoms. The molecule has 0 saturated carbocycles. The Bertz CT molecular complexity index is 395. The lowest BCUT2D eigenvalue weighted by molar-refractivity contribution is 0.0530. The Hall–Kier alpha value is -1.16. The number of carbonyl (C=O) groups is 2. The Morgan fingerprint density at radius 2 is 2.24 bits per heavy atom. The van der Waals surface area contributed by atoms with Crippen LogP contribution in [0.2, 0.25) is 0 Å². The largest absolute Gasteiger partial charge is 0.462 e. The van der Waals surface area contributed by atoms with Gasteiger partial charge in [-0.1, -0.05) is 20.3 Å². The lowest BCUT2D eigenvalue weighted by Gasteiger charge is -2.10. The molecule has 0 radical (unpaired) electrons. The molecule has 1 atom stereocenters. The zero-order valence-electron chi connectivity index (χ0n) is 10.5. The van der Waals surface area contributed by atoms with Gasteiger partial charge in [0.05, 0.1) is 11.5 Å². The molecule has 4 heteroatoms. The van der Waals surface area contributed by atoms with Crippen LogP contribution in [0.1, 0.15) is 64.4 Å². The van der Waals surface area contributed by atoms with Crippen molar-refractivity contribution in [3.63, 3.8) is 0 Å². The third kappa shape index (κ3) is 3.40. The van der Waals surface area contributed by atoms with E-state index >= 15 is 0 Å². The maximum atomic E-state index is 11.8. The van der Waals surface area contributed by atoms with Crippen molar-refractivity contribution in [2.45, 2.75) is 39.5 Å². The van der Waals surface area contributed by atoms with Gasteiger partial charge in [-0.05, 0) is 30.9 Å². The number of thiophene rings is 1. The molecule has 0 aliphatic heterocycles. The van der Waals surface area contributed by atoms with Gasteiger partial charge >= 0.3 is 5.97 Å². The average molecular weight is 254 g/mol. The second-order valence-electron chi connectivity index (χ2n) is 3.96. The summed E-state index contributed by atoms with van der Waals surface area (Å²) in [6.45, 7) is 6.31. The molecule has 0 amide bonds. The van der Waals surface area contributed by atoms with Crippen molar-refractivity contribution >= 4 is 23.6 Å². The van der Waals surface area contributed by atoms with Crippen LogP contribution in [0, 0.1) is 0 Å². The van der Waals surface area contributed by atoms with E-state index in [0.29, 0.717) is 16.4 Å². The fourth-order valence-electron chi connectivity index (χ4n) is 1.79. The normalized spacial score (nSPS) is 12.2. The average Bonchev–Trinajstić information content (AvgIpc) is 2.73. The summed E-state index contributed by atoms with van der Waals surface area (Å²) in [5, 5.41) is 0. The lowest BCUT2D eigenvalue weighted by Crippen LogP contribution is -2.06. The van der Waals surface area contributed by atoms with Gasteiger partial charge in [0.2, 0.25) is 0 Å². The summed E-state index contributed by atoms with van der Waals surface area (Å²) in [7, 11) is 0. The zero-order valence-corrected chi connectivity index (χ0v) is 11.3. The number of rotatable bonds is 6. The molecular formula is C13H18O3S.